The van der Waals surface area contributed by atoms with Crippen molar-refractivity contribution in [2.24, 2.45) is 0 Å². The Balaban J connectivity index is 2.36. The second-order valence-electron chi connectivity index (χ2n) is 2.10. The largest absolute Gasteiger partial charge is 0.447 e. The zero-order chi connectivity index (χ0) is 7.56. The number of aliphatic hydroxyl groups excluding tert-OH is 2. The smallest absolute Gasteiger partial charge is 0.407 e. The molecule has 5 heteroatoms. The minimum Gasteiger partial charge on any atom is -0.447 e. The quantitative estimate of drug-likeness (QED) is 0.441. The number of rotatable bonds is 2. The Bertz CT molecular complexity index is 138. The first-order valence-corrected chi connectivity index (χ1v) is 2.96. The number of carbonyl (C=O) groups is 1. The molecule has 0 spiro atoms. The highest BCUT2D eigenvalue weighted by Crippen LogP contribution is 2.01. The van der Waals surface area contributed by atoms with E-state index in [4.69, 9.17) is 10.2 Å². The van der Waals surface area contributed by atoms with E-state index >= 15 is 0 Å². The number of hydrogen-bond donors (Lipinski definition) is 3. The number of hydrogen-bond acceptors (Lipinski definition) is 4. The lowest BCUT2D eigenvalue weighted by Crippen LogP contribution is -2.40. The van der Waals surface area contributed by atoms with Crippen LogP contribution in [0.2, 0.25) is 0 Å². The molecule has 2 atom stereocenters. The van der Waals surface area contributed by atoms with Crippen LogP contribution < -0.4 is 5.32 Å². The van der Waals surface area contributed by atoms with Gasteiger partial charge in [0.2, 0.25) is 0 Å². The standard InChI is InChI=1S/C5H9NO4/c7-1-4(8)3-2-10-5(9)6-3/h3-4,7-8H,1-2H2,(H,6,9)/t3?,4-/m0/s1. The molecule has 1 unspecified atom stereocenters. The number of cyclic esters (lactones) is 1. The Morgan fingerprint density at radius 1 is 1.90 bits per heavy atom. The third-order valence-corrected chi connectivity index (χ3v) is 1.35. The van der Waals surface area contributed by atoms with Gasteiger partial charge < -0.3 is 20.3 Å². The van der Waals surface area contributed by atoms with Crippen LogP contribution in [0.3, 0.4) is 0 Å². The summed E-state index contributed by atoms with van der Waals surface area (Å²) in [6, 6.07) is -0.461. The molecule has 58 valence electrons. The summed E-state index contributed by atoms with van der Waals surface area (Å²) in [6.45, 7) is -0.241. The van der Waals surface area contributed by atoms with Crippen LogP contribution in [-0.2, 0) is 4.74 Å². The minimum absolute atomic E-state index is 0.126. The van der Waals surface area contributed by atoms with Crippen LogP contribution in [-0.4, -0.2) is 41.7 Å². The van der Waals surface area contributed by atoms with Crippen molar-refractivity contribution in [3.63, 3.8) is 0 Å². The van der Waals surface area contributed by atoms with Gasteiger partial charge in [-0.3, -0.25) is 0 Å². The Kier molecular flexibility index (Phi) is 2.08. The van der Waals surface area contributed by atoms with Crippen LogP contribution in [0.25, 0.3) is 0 Å². The van der Waals surface area contributed by atoms with E-state index in [0.717, 1.165) is 0 Å². The molecule has 0 aromatic rings. The van der Waals surface area contributed by atoms with Crippen LogP contribution in [0.4, 0.5) is 4.79 Å². The van der Waals surface area contributed by atoms with Crippen LogP contribution in [0, 0.1) is 0 Å². The molecule has 5 nitrogen and oxygen atoms in total. The molecule has 0 aromatic heterocycles. The number of amides is 1. The first-order valence-electron chi connectivity index (χ1n) is 2.96. The molecule has 1 fully saturated rings. The molecule has 1 saturated heterocycles. The summed E-state index contributed by atoms with van der Waals surface area (Å²) in [6.07, 6.45) is -1.47. The lowest BCUT2D eigenvalue weighted by Gasteiger charge is -2.11. The molecule has 1 rings (SSSR count). The summed E-state index contributed by atoms with van der Waals surface area (Å²) in [5.74, 6) is 0. The predicted molar refractivity (Wildman–Crippen MR) is 31.4 cm³/mol. The molecule has 0 aromatic carbocycles. The van der Waals surface area contributed by atoms with Gasteiger partial charge in [0, 0.05) is 0 Å². The van der Waals surface area contributed by atoms with Crippen molar-refractivity contribution in [1.29, 1.82) is 0 Å². The summed E-state index contributed by atoms with van der Waals surface area (Å²) in [4.78, 5) is 10.3. The Labute approximate surface area is 57.6 Å². The average molecular weight is 147 g/mol. The normalized spacial score (nSPS) is 27.4. The SMILES string of the molecule is O=C1NC([C@@H](O)CO)CO1. The van der Waals surface area contributed by atoms with Gasteiger partial charge in [-0.1, -0.05) is 0 Å². The van der Waals surface area contributed by atoms with Gasteiger partial charge in [0.1, 0.15) is 12.7 Å². The van der Waals surface area contributed by atoms with Crippen molar-refractivity contribution in [2.45, 2.75) is 12.1 Å². The third-order valence-electron chi connectivity index (χ3n) is 1.35. The van der Waals surface area contributed by atoms with E-state index in [1.54, 1.807) is 0 Å². The predicted octanol–water partition coefficient (Wildman–Crippen LogP) is -1.55. The van der Waals surface area contributed by atoms with E-state index in [9.17, 15) is 4.79 Å². The second kappa shape index (κ2) is 2.85. The topological polar surface area (TPSA) is 78.8 Å². The molecular formula is C5H9NO4. The fraction of sp³-hybridized carbons (Fsp3) is 0.800. The summed E-state index contributed by atoms with van der Waals surface area (Å²) < 4.78 is 4.47. The zero-order valence-electron chi connectivity index (χ0n) is 5.28. The molecule has 0 aliphatic carbocycles. The Morgan fingerprint density at radius 2 is 2.60 bits per heavy atom. The third kappa shape index (κ3) is 1.37. The first-order chi connectivity index (χ1) is 4.74. The maximum Gasteiger partial charge on any atom is 0.407 e. The summed E-state index contributed by atoms with van der Waals surface area (Å²) >= 11 is 0. The van der Waals surface area contributed by atoms with Crippen molar-refractivity contribution in [3.05, 3.63) is 0 Å². The van der Waals surface area contributed by atoms with Gasteiger partial charge in [-0.25, -0.2) is 4.79 Å². The number of aliphatic hydroxyl groups is 2. The van der Waals surface area contributed by atoms with Gasteiger partial charge in [-0.15, -0.1) is 0 Å². The maximum atomic E-state index is 10.3. The highest BCUT2D eigenvalue weighted by atomic mass is 16.6. The van der Waals surface area contributed by atoms with Crippen molar-refractivity contribution < 1.29 is 19.7 Å². The molecule has 0 radical (unpaired) electrons. The van der Waals surface area contributed by atoms with Crippen molar-refractivity contribution in [2.75, 3.05) is 13.2 Å². The second-order valence-corrected chi connectivity index (χ2v) is 2.10. The fourth-order valence-corrected chi connectivity index (χ4v) is 0.735. The van der Waals surface area contributed by atoms with Crippen LogP contribution in [0.1, 0.15) is 0 Å². The van der Waals surface area contributed by atoms with Gasteiger partial charge in [-0.05, 0) is 0 Å². The van der Waals surface area contributed by atoms with Crippen molar-refractivity contribution in [1.82, 2.24) is 5.32 Å². The van der Waals surface area contributed by atoms with E-state index in [1.807, 2.05) is 0 Å². The molecule has 1 aliphatic heterocycles. The van der Waals surface area contributed by atoms with Gasteiger partial charge in [0.15, 0.2) is 0 Å². The number of ether oxygens (including phenoxy) is 1. The average Bonchev–Trinajstić information content (AvgIpc) is 2.34. The molecular weight excluding hydrogens is 138 g/mol. The van der Waals surface area contributed by atoms with Crippen LogP contribution >= 0.6 is 0 Å². The number of nitrogens with one attached hydrogen (secondary N) is 1. The highest BCUT2D eigenvalue weighted by Gasteiger charge is 2.27. The van der Waals surface area contributed by atoms with Crippen molar-refractivity contribution in [3.8, 4) is 0 Å². The number of alkyl carbamates (subject to hydrolysis) is 1. The van der Waals surface area contributed by atoms with Gasteiger partial charge in [-0.2, -0.15) is 0 Å². The van der Waals surface area contributed by atoms with Gasteiger partial charge in [0.25, 0.3) is 0 Å². The molecule has 3 N–H and O–H groups in total. The van der Waals surface area contributed by atoms with E-state index in [2.05, 4.69) is 10.1 Å². The number of carbonyl (C=O) groups excluding carboxylic acids is 1. The van der Waals surface area contributed by atoms with Crippen LogP contribution in [0.5, 0.6) is 0 Å². The zero-order valence-corrected chi connectivity index (χ0v) is 5.28. The van der Waals surface area contributed by atoms with E-state index in [1.165, 1.54) is 0 Å². The molecule has 10 heavy (non-hydrogen) atoms. The Morgan fingerprint density at radius 3 is 3.00 bits per heavy atom. The lowest BCUT2D eigenvalue weighted by molar-refractivity contribution is 0.0642. The Hall–Kier alpha value is -0.810. The van der Waals surface area contributed by atoms with E-state index in [-0.39, 0.29) is 13.2 Å². The van der Waals surface area contributed by atoms with Crippen LogP contribution in [0.15, 0.2) is 0 Å². The molecule has 0 saturated carbocycles. The summed E-state index contributed by atoms with van der Waals surface area (Å²) in [5.41, 5.74) is 0. The minimum atomic E-state index is -0.925. The summed E-state index contributed by atoms with van der Waals surface area (Å²) in [7, 11) is 0. The van der Waals surface area contributed by atoms with Gasteiger partial charge in [0.05, 0.1) is 12.6 Å². The fourth-order valence-electron chi connectivity index (χ4n) is 0.735. The molecule has 1 amide bonds. The van der Waals surface area contributed by atoms with E-state index < -0.39 is 18.2 Å². The molecule has 1 aliphatic rings. The maximum absolute atomic E-state index is 10.3. The first kappa shape index (κ1) is 7.30. The summed E-state index contributed by atoms with van der Waals surface area (Å²) in [5, 5.41) is 19.7. The lowest BCUT2D eigenvalue weighted by atomic mass is 10.2. The van der Waals surface area contributed by atoms with Crippen molar-refractivity contribution >= 4 is 6.09 Å². The molecule has 0 bridgehead atoms. The highest BCUT2D eigenvalue weighted by molar-refractivity contribution is 5.69. The monoisotopic (exact) mass is 147 g/mol. The van der Waals surface area contributed by atoms with E-state index in [0.29, 0.717) is 0 Å². The molecule has 1 heterocycles. The van der Waals surface area contributed by atoms with Gasteiger partial charge >= 0.3 is 6.09 Å².